The highest BCUT2D eigenvalue weighted by atomic mass is 79.9. The van der Waals surface area contributed by atoms with E-state index < -0.39 is 0 Å². The molecule has 0 aliphatic heterocycles. The summed E-state index contributed by atoms with van der Waals surface area (Å²) in [6, 6.07) is 3.67. The average molecular weight is 271 g/mol. The van der Waals surface area contributed by atoms with Crippen molar-refractivity contribution in [3.63, 3.8) is 0 Å². The second-order valence-electron chi connectivity index (χ2n) is 3.88. The number of rotatable bonds is 3. The average Bonchev–Trinajstić information content (AvgIpc) is 2.15. The van der Waals surface area contributed by atoms with E-state index in [1.54, 1.807) is 18.1 Å². The third kappa shape index (κ3) is 3.63. The summed E-state index contributed by atoms with van der Waals surface area (Å²) in [6.45, 7) is 4.06. The summed E-state index contributed by atoms with van der Waals surface area (Å²) < 4.78 is 0.927. The van der Waals surface area contributed by atoms with Gasteiger partial charge < -0.3 is 0 Å². The molecule has 0 saturated carbocycles. The maximum Gasteiger partial charge on any atom is 0.228 e. The summed E-state index contributed by atoms with van der Waals surface area (Å²) >= 11 is 3.35. The van der Waals surface area contributed by atoms with Crippen LogP contribution < -0.4 is 4.90 Å². The predicted molar refractivity (Wildman–Crippen MR) is 64.8 cm³/mol. The van der Waals surface area contributed by atoms with Crippen LogP contribution in [0.2, 0.25) is 0 Å². The molecule has 0 aliphatic rings. The van der Waals surface area contributed by atoms with E-state index in [0.717, 1.165) is 4.47 Å². The lowest BCUT2D eigenvalue weighted by Crippen LogP contribution is -2.27. The predicted octanol–water partition coefficient (Wildman–Crippen LogP) is 2.85. The molecule has 4 heteroatoms. The maximum atomic E-state index is 11.7. The van der Waals surface area contributed by atoms with Crippen LogP contribution in [0.1, 0.15) is 20.3 Å². The summed E-state index contributed by atoms with van der Waals surface area (Å²) in [5.74, 6) is 1.14. The molecule has 1 rings (SSSR count). The van der Waals surface area contributed by atoms with Crippen LogP contribution in [0, 0.1) is 5.92 Å². The fraction of sp³-hybridized carbons (Fsp3) is 0.455. The van der Waals surface area contributed by atoms with Gasteiger partial charge in [-0.25, -0.2) is 4.98 Å². The number of halogens is 1. The van der Waals surface area contributed by atoms with Crippen LogP contribution >= 0.6 is 15.9 Å². The van der Waals surface area contributed by atoms with E-state index in [1.165, 1.54) is 0 Å². The standard InChI is InChI=1S/C11H15BrN2O/c1-8(2)6-11(15)14(3)10-7-9(12)4-5-13-10/h4-5,7-8H,6H2,1-3H3. The normalized spacial score (nSPS) is 10.5. The Kier molecular flexibility index (Phi) is 4.27. The minimum atomic E-state index is 0.0931. The summed E-state index contributed by atoms with van der Waals surface area (Å²) in [4.78, 5) is 17.5. The van der Waals surface area contributed by atoms with Crippen LogP contribution in [-0.2, 0) is 4.79 Å². The second kappa shape index (κ2) is 5.26. The number of anilines is 1. The molecule has 1 aromatic rings. The maximum absolute atomic E-state index is 11.7. The number of aromatic nitrogens is 1. The van der Waals surface area contributed by atoms with Crippen LogP contribution in [0.25, 0.3) is 0 Å². The highest BCUT2D eigenvalue weighted by Gasteiger charge is 2.13. The minimum Gasteiger partial charge on any atom is -0.300 e. The number of nitrogens with zero attached hydrogens (tertiary/aromatic N) is 2. The van der Waals surface area contributed by atoms with Gasteiger partial charge in [-0.1, -0.05) is 29.8 Å². The van der Waals surface area contributed by atoms with Gasteiger partial charge in [0.25, 0.3) is 0 Å². The molecule has 1 amide bonds. The smallest absolute Gasteiger partial charge is 0.228 e. The van der Waals surface area contributed by atoms with E-state index in [-0.39, 0.29) is 5.91 Å². The Bertz CT molecular complexity index is 352. The lowest BCUT2D eigenvalue weighted by Gasteiger charge is -2.17. The van der Waals surface area contributed by atoms with Gasteiger partial charge in [-0.05, 0) is 18.1 Å². The quantitative estimate of drug-likeness (QED) is 0.846. The fourth-order valence-electron chi connectivity index (χ4n) is 1.19. The Balaban J connectivity index is 2.76. The number of hydrogen-bond donors (Lipinski definition) is 0. The summed E-state index contributed by atoms with van der Waals surface area (Å²) in [7, 11) is 1.75. The molecule has 0 saturated heterocycles. The van der Waals surface area contributed by atoms with Crippen LogP contribution in [0.4, 0.5) is 5.82 Å². The molecular weight excluding hydrogens is 256 g/mol. The molecule has 1 aromatic heterocycles. The second-order valence-corrected chi connectivity index (χ2v) is 4.80. The third-order valence-corrected chi connectivity index (χ3v) is 2.50. The zero-order valence-corrected chi connectivity index (χ0v) is 10.8. The number of carbonyl (C=O) groups is 1. The zero-order chi connectivity index (χ0) is 11.4. The van der Waals surface area contributed by atoms with Crippen molar-refractivity contribution in [1.29, 1.82) is 0 Å². The van der Waals surface area contributed by atoms with Crippen molar-refractivity contribution in [2.24, 2.45) is 5.92 Å². The molecule has 0 aromatic carbocycles. The molecule has 1 heterocycles. The molecule has 0 atom stereocenters. The SMILES string of the molecule is CC(C)CC(=O)N(C)c1cc(Br)ccn1. The first-order valence-corrected chi connectivity index (χ1v) is 5.68. The van der Waals surface area contributed by atoms with Crippen molar-refractivity contribution >= 4 is 27.7 Å². The van der Waals surface area contributed by atoms with Gasteiger partial charge >= 0.3 is 0 Å². The monoisotopic (exact) mass is 270 g/mol. The Hall–Kier alpha value is -0.900. The van der Waals surface area contributed by atoms with Crippen molar-refractivity contribution in [3.05, 3.63) is 22.8 Å². The largest absolute Gasteiger partial charge is 0.300 e. The van der Waals surface area contributed by atoms with E-state index in [2.05, 4.69) is 20.9 Å². The molecule has 3 nitrogen and oxygen atoms in total. The first kappa shape index (κ1) is 12.2. The van der Waals surface area contributed by atoms with Crippen molar-refractivity contribution < 1.29 is 4.79 Å². The van der Waals surface area contributed by atoms with Gasteiger partial charge in [-0.2, -0.15) is 0 Å². The highest BCUT2D eigenvalue weighted by Crippen LogP contribution is 2.17. The third-order valence-electron chi connectivity index (χ3n) is 2.01. The Morgan fingerprint density at radius 2 is 2.27 bits per heavy atom. The van der Waals surface area contributed by atoms with Gasteiger partial charge in [0.2, 0.25) is 5.91 Å². The van der Waals surface area contributed by atoms with E-state index in [0.29, 0.717) is 18.2 Å². The molecule has 0 unspecified atom stereocenters. The molecule has 15 heavy (non-hydrogen) atoms. The summed E-state index contributed by atoms with van der Waals surface area (Å²) in [6.07, 6.45) is 2.23. The van der Waals surface area contributed by atoms with Gasteiger partial charge in [-0.15, -0.1) is 0 Å². The van der Waals surface area contributed by atoms with Crippen molar-refractivity contribution in [1.82, 2.24) is 4.98 Å². The van der Waals surface area contributed by atoms with Crippen LogP contribution in [0.5, 0.6) is 0 Å². The van der Waals surface area contributed by atoms with Gasteiger partial charge in [0.1, 0.15) is 5.82 Å². The topological polar surface area (TPSA) is 33.2 Å². The fourth-order valence-corrected chi connectivity index (χ4v) is 1.51. The van der Waals surface area contributed by atoms with E-state index in [9.17, 15) is 4.79 Å². The van der Waals surface area contributed by atoms with Crippen molar-refractivity contribution in [2.75, 3.05) is 11.9 Å². The van der Waals surface area contributed by atoms with Crippen LogP contribution in [-0.4, -0.2) is 17.9 Å². The van der Waals surface area contributed by atoms with Crippen LogP contribution in [0.3, 0.4) is 0 Å². The van der Waals surface area contributed by atoms with Gasteiger partial charge in [0.05, 0.1) is 0 Å². The number of carbonyl (C=O) groups excluding carboxylic acids is 1. The summed E-state index contributed by atoms with van der Waals surface area (Å²) in [5.41, 5.74) is 0. The van der Waals surface area contributed by atoms with Gasteiger partial charge in [-0.3, -0.25) is 9.69 Å². The number of pyridine rings is 1. The molecule has 0 spiro atoms. The van der Waals surface area contributed by atoms with E-state index in [1.807, 2.05) is 26.0 Å². The Morgan fingerprint density at radius 1 is 1.60 bits per heavy atom. The number of hydrogen-bond acceptors (Lipinski definition) is 2. The van der Waals surface area contributed by atoms with Crippen molar-refractivity contribution in [3.8, 4) is 0 Å². The molecule has 82 valence electrons. The molecule has 0 fully saturated rings. The van der Waals surface area contributed by atoms with Crippen molar-refractivity contribution in [2.45, 2.75) is 20.3 Å². The molecule has 0 aliphatic carbocycles. The summed E-state index contributed by atoms with van der Waals surface area (Å²) in [5, 5.41) is 0. The molecular formula is C11H15BrN2O. The zero-order valence-electron chi connectivity index (χ0n) is 9.20. The molecule has 0 N–H and O–H groups in total. The minimum absolute atomic E-state index is 0.0931. The highest BCUT2D eigenvalue weighted by molar-refractivity contribution is 9.10. The van der Waals surface area contributed by atoms with Gasteiger partial charge in [0.15, 0.2) is 0 Å². The molecule has 0 bridgehead atoms. The van der Waals surface area contributed by atoms with E-state index >= 15 is 0 Å². The van der Waals surface area contributed by atoms with E-state index in [4.69, 9.17) is 0 Å². The number of amides is 1. The Morgan fingerprint density at radius 3 is 2.80 bits per heavy atom. The van der Waals surface area contributed by atoms with Crippen LogP contribution in [0.15, 0.2) is 22.8 Å². The first-order valence-electron chi connectivity index (χ1n) is 4.89. The first-order chi connectivity index (χ1) is 7.00. The Labute approximate surface area is 98.6 Å². The van der Waals surface area contributed by atoms with Gasteiger partial charge in [0, 0.05) is 24.1 Å². The lowest BCUT2D eigenvalue weighted by molar-refractivity contribution is -0.119. The molecule has 0 radical (unpaired) electrons. The lowest BCUT2D eigenvalue weighted by atomic mass is 10.1.